The predicted octanol–water partition coefficient (Wildman–Crippen LogP) is 4.27. The Morgan fingerprint density at radius 2 is 2.14 bits per heavy atom. The molecule has 2 amide bonds. The summed E-state index contributed by atoms with van der Waals surface area (Å²) in [5, 5.41) is 3.03. The molecule has 1 N–H and O–H groups in total. The molecular formula is C17H20N2O2. The number of carbonyl (C=O) groups excluding carboxylic acids is 1. The van der Waals surface area contributed by atoms with E-state index in [0.29, 0.717) is 0 Å². The number of nitrogens with zero attached hydrogens (tertiary/aromatic N) is 1. The zero-order valence-electron chi connectivity index (χ0n) is 12.4. The van der Waals surface area contributed by atoms with Gasteiger partial charge in [-0.05, 0) is 56.0 Å². The van der Waals surface area contributed by atoms with Crippen LogP contribution in [-0.2, 0) is 0 Å². The van der Waals surface area contributed by atoms with E-state index in [2.05, 4.69) is 5.32 Å². The molecule has 0 saturated carbocycles. The molecular weight excluding hydrogens is 264 g/mol. The van der Waals surface area contributed by atoms with E-state index in [4.69, 9.17) is 4.42 Å². The van der Waals surface area contributed by atoms with Gasteiger partial charge in [-0.3, -0.25) is 0 Å². The molecule has 4 nitrogen and oxygen atoms in total. The number of carbonyl (C=O) groups is 1. The third kappa shape index (κ3) is 2.66. The summed E-state index contributed by atoms with van der Waals surface area (Å²) in [6.07, 6.45) is 3.62. The molecule has 1 aliphatic heterocycles. The summed E-state index contributed by atoms with van der Waals surface area (Å²) in [6, 6.07) is 9.76. The summed E-state index contributed by atoms with van der Waals surface area (Å²) in [6.45, 7) is 4.84. The van der Waals surface area contributed by atoms with Crippen LogP contribution in [0.2, 0.25) is 0 Å². The van der Waals surface area contributed by atoms with Crippen LogP contribution in [-0.4, -0.2) is 17.5 Å². The van der Waals surface area contributed by atoms with Crippen molar-refractivity contribution in [2.24, 2.45) is 0 Å². The zero-order chi connectivity index (χ0) is 14.8. The van der Waals surface area contributed by atoms with Gasteiger partial charge in [0.1, 0.15) is 5.76 Å². The van der Waals surface area contributed by atoms with Crippen molar-refractivity contribution in [2.75, 3.05) is 11.9 Å². The Morgan fingerprint density at radius 3 is 2.90 bits per heavy atom. The normalized spacial score (nSPS) is 18.0. The van der Waals surface area contributed by atoms with Crippen LogP contribution in [0, 0.1) is 13.8 Å². The molecule has 0 bridgehead atoms. The Hall–Kier alpha value is -2.23. The van der Waals surface area contributed by atoms with Crippen molar-refractivity contribution in [3.05, 3.63) is 53.5 Å². The van der Waals surface area contributed by atoms with Crippen molar-refractivity contribution >= 4 is 11.7 Å². The fourth-order valence-electron chi connectivity index (χ4n) is 2.86. The van der Waals surface area contributed by atoms with Gasteiger partial charge in [0, 0.05) is 12.2 Å². The molecule has 1 saturated heterocycles. The number of anilines is 1. The number of nitrogens with one attached hydrogen (secondary N) is 1. The van der Waals surface area contributed by atoms with Crippen molar-refractivity contribution in [3.8, 4) is 0 Å². The number of likely N-dealkylation sites (tertiary alicyclic amines) is 1. The first kappa shape index (κ1) is 13.7. The number of benzene rings is 1. The molecule has 2 heterocycles. The summed E-state index contributed by atoms with van der Waals surface area (Å²) >= 11 is 0. The van der Waals surface area contributed by atoms with Gasteiger partial charge in [-0.2, -0.15) is 0 Å². The van der Waals surface area contributed by atoms with Gasteiger partial charge in [-0.1, -0.05) is 12.1 Å². The summed E-state index contributed by atoms with van der Waals surface area (Å²) in [5.41, 5.74) is 3.17. The van der Waals surface area contributed by atoms with Crippen LogP contribution >= 0.6 is 0 Å². The SMILES string of the molecule is Cc1cccc(NC(=O)N2CCCC2c2ccco2)c1C. The second-order valence-corrected chi connectivity index (χ2v) is 5.54. The van der Waals surface area contributed by atoms with Gasteiger partial charge in [0.05, 0.1) is 12.3 Å². The van der Waals surface area contributed by atoms with Crippen molar-refractivity contribution in [2.45, 2.75) is 32.7 Å². The largest absolute Gasteiger partial charge is 0.467 e. The Kier molecular flexibility index (Phi) is 3.69. The Morgan fingerprint density at radius 1 is 1.29 bits per heavy atom. The van der Waals surface area contributed by atoms with Gasteiger partial charge in [0.2, 0.25) is 0 Å². The third-order valence-electron chi connectivity index (χ3n) is 4.23. The van der Waals surface area contributed by atoms with Gasteiger partial charge >= 0.3 is 6.03 Å². The van der Waals surface area contributed by atoms with Gasteiger partial charge in [0.25, 0.3) is 0 Å². The monoisotopic (exact) mass is 284 g/mol. The van der Waals surface area contributed by atoms with E-state index in [1.165, 1.54) is 5.56 Å². The van der Waals surface area contributed by atoms with Crippen molar-refractivity contribution < 1.29 is 9.21 Å². The van der Waals surface area contributed by atoms with Crippen molar-refractivity contribution in [1.82, 2.24) is 4.90 Å². The lowest BCUT2D eigenvalue weighted by Gasteiger charge is -2.24. The summed E-state index contributed by atoms with van der Waals surface area (Å²) in [5.74, 6) is 0.864. The molecule has 110 valence electrons. The van der Waals surface area contributed by atoms with Crippen LogP contribution in [0.25, 0.3) is 0 Å². The lowest BCUT2D eigenvalue weighted by Crippen LogP contribution is -2.34. The van der Waals surface area contributed by atoms with Gasteiger partial charge in [0.15, 0.2) is 0 Å². The molecule has 1 fully saturated rings. The predicted molar refractivity (Wildman–Crippen MR) is 82.3 cm³/mol. The number of hydrogen-bond donors (Lipinski definition) is 1. The smallest absolute Gasteiger partial charge is 0.322 e. The van der Waals surface area contributed by atoms with Crippen LogP contribution in [0.1, 0.15) is 35.8 Å². The van der Waals surface area contributed by atoms with Crippen LogP contribution in [0.3, 0.4) is 0 Å². The van der Waals surface area contributed by atoms with Gasteiger partial charge in [-0.15, -0.1) is 0 Å². The minimum atomic E-state index is -0.0531. The number of furan rings is 1. The molecule has 1 aromatic carbocycles. The summed E-state index contributed by atoms with van der Waals surface area (Å²) in [7, 11) is 0. The van der Waals surface area contributed by atoms with E-state index in [9.17, 15) is 4.79 Å². The second kappa shape index (κ2) is 5.64. The molecule has 0 radical (unpaired) electrons. The number of aryl methyl sites for hydroxylation is 1. The van der Waals surface area contributed by atoms with Crippen LogP contribution in [0.4, 0.5) is 10.5 Å². The maximum Gasteiger partial charge on any atom is 0.322 e. The minimum Gasteiger partial charge on any atom is -0.467 e. The number of amides is 2. The molecule has 21 heavy (non-hydrogen) atoms. The fourth-order valence-corrected chi connectivity index (χ4v) is 2.86. The van der Waals surface area contributed by atoms with Gasteiger partial charge in [-0.25, -0.2) is 4.79 Å². The van der Waals surface area contributed by atoms with Gasteiger partial charge < -0.3 is 14.6 Å². The highest BCUT2D eigenvalue weighted by Crippen LogP contribution is 2.32. The molecule has 4 heteroatoms. The summed E-state index contributed by atoms with van der Waals surface area (Å²) < 4.78 is 5.47. The highest BCUT2D eigenvalue weighted by Gasteiger charge is 2.31. The fraction of sp³-hybridized carbons (Fsp3) is 0.353. The molecule has 1 atom stereocenters. The standard InChI is InChI=1S/C17H20N2O2/c1-12-6-3-7-14(13(12)2)18-17(20)19-10-4-8-15(19)16-9-5-11-21-16/h3,5-7,9,11,15H,4,8,10H2,1-2H3,(H,18,20). The Bertz CT molecular complexity index is 634. The molecule has 0 aliphatic carbocycles. The second-order valence-electron chi connectivity index (χ2n) is 5.54. The maximum absolute atomic E-state index is 12.6. The van der Waals surface area contributed by atoms with Crippen molar-refractivity contribution in [3.63, 3.8) is 0 Å². The topological polar surface area (TPSA) is 45.5 Å². The summed E-state index contributed by atoms with van der Waals surface area (Å²) in [4.78, 5) is 14.4. The van der Waals surface area contributed by atoms with E-state index < -0.39 is 0 Å². The van der Waals surface area contributed by atoms with Crippen LogP contribution < -0.4 is 5.32 Å². The van der Waals surface area contributed by atoms with E-state index in [1.807, 2.05) is 49.1 Å². The maximum atomic E-state index is 12.6. The molecule has 1 aliphatic rings. The highest BCUT2D eigenvalue weighted by atomic mass is 16.3. The van der Waals surface area contributed by atoms with E-state index in [1.54, 1.807) is 6.26 Å². The van der Waals surface area contributed by atoms with E-state index in [0.717, 1.165) is 36.4 Å². The average Bonchev–Trinajstić information content (AvgIpc) is 3.13. The molecule has 1 unspecified atom stereocenters. The number of urea groups is 1. The highest BCUT2D eigenvalue weighted by molar-refractivity contribution is 5.90. The Labute approximate surface area is 124 Å². The first-order valence-corrected chi connectivity index (χ1v) is 7.34. The molecule has 0 spiro atoms. The van der Waals surface area contributed by atoms with E-state index in [-0.39, 0.29) is 12.1 Å². The lowest BCUT2D eigenvalue weighted by atomic mass is 10.1. The number of rotatable bonds is 2. The molecule has 2 aromatic rings. The minimum absolute atomic E-state index is 0.0464. The van der Waals surface area contributed by atoms with Crippen molar-refractivity contribution in [1.29, 1.82) is 0 Å². The number of hydrogen-bond acceptors (Lipinski definition) is 2. The third-order valence-corrected chi connectivity index (χ3v) is 4.23. The zero-order valence-corrected chi connectivity index (χ0v) is 12.4. The van der Waals surface area contributed by atoms with Crippen LogP contribution in [0.15, 0.2) is 41.0 Å². The Balaban J connectivity index is 1.77. The van der Waals surface area contributed by atoms with Crippen LogP contribution in [0.5, 0.6) is 0 Å². The molecule has 1 aromatic heterocycles. The first-order valence-electron chi connectivity index (χ1n) is 7.34. The first-order chi connectivity index (χ1) is 10.2. The quantitative estimate of drug-likeness (QED) is 0.895. The lowest BCUT2D eigenvalue weighted by molar-refractivity contribution is 0.200. The van der Waals surface area contributed by atoms with E-state index >= 15 is 0 Å². The average molecular weight is 284 g/mol. The molecule has 3 rings (SSSR count).